The van der Waals surface area contributed by atoms with E-state index in [2.05, 4.69) is 20.1 Å². The Bertz CT molecular complexity index is 601. The van der Waals surface area contributed by atoms with Crippen LogP contribution in [0.2, 0.25) is 0 Å². The number of carboxylic acids is 1. The number of aliphatic carboxylic acids is 1. The van der Waals surface area contributed by atoms with Gasteiger partial charge in [0.1, 0.15) is 0 Å². The third-order valence-electron chi connectivity index (χ3n) is 2.71. The monoisotopic (exact) mass is 321 g/mol. The topological polar surface area (TPSA) is 142 Å². The molecule has 12 heteroatoms. The smallest absolute Gasteiger partial charge is 0.324 e. The summed E-state index contributed by atoms with van der Waals surface area (Å²) in [6.45, 7) is -0.0572. The van der Waals surface area contributed by atoms with Crippen molar-refractivity contribution in [2.45, 2.75) is 12.5 Å². The number of urea groups is 1. The number of hydrogen-bond donors (Lipinski definition) is 2. The first-order valence-corrected chi connectivity index (χ1v) is 8.12. The van der Waals surface area contributed by atoms with Crippen molar-refractivity contribution in [2.75, 3.05) is 23.4 Å². The van der Waals surface area contributed by atoms with Crippen molar-refractivity contribution in [3.63, 3.8) is 0 Å². The number of carbonyl (C=O) groups excluding carboxylic acids is 1. The largest absolute Gasteiger partial charge is 0.481 e. The second-order valence-electron chi connectivity index (χ2n) is 4.16. The van der Waals surface area contributed by atoms with Gasteiger partial charge >= 0.3 is 12.0 Å². The van der Waals surface area contributed by atoms with Crippen molar-refractivity contribution < 1.29 is 23.1 Å². The van der Waals surface area contributed by atoms with Gasteiger partial charge in [0.2, 0.25) is 5.13 Å². The van der Waals surface area contributed by atoms with Crippen LogP contribution in [0.1, 0.15) is 6.42 Å². The molecule has 10 nitrogen and oxygen atoms in total. The van der Waals surface area contributed by atoms with Gasteiger partial charge in [-0.05, 0) is 5.21 Å². The van der Waals surface area contributed by atoms with Crippen LogP contribution in [-0.2, 0) is 14.6 Å². The van der Waals surface area contributed by atoms with Gasteiger partial charge in [0.25, 0.3) is 0 Å². The van der Waals surface area contributed by atoms with Crippen LogP contribution in [0.15, 0.2) is 0 Å². The zero-order chi connectivity index (χ0) is 14.8. The fourth-order valence-corrected chi connectivity index (χ4v) is 3.75. The van der Waals surface area contributed by atoms with Crippen LogP contribution in [0, 0.1) is 0 Å². The third-order valence-corrected chi connectivity index (χ3v) is 4.92. The summed E-state index contributed by atoms with van der Waals surface area (Å²) in [7, 11) is -3.33. The van der Waals surface area contributed by atoms with E-state index in [9.17, 15) is 18.0 Å². The van der Waals surface area contributed by atoms with Gasteiger partial charge in [0, 0.05) is 18.1 Å². The minimum Gasteiger partial charge on any atom is -0.481 e. The standard InChI is InChI=1S/C8H11N5O5S2/c14-6(15)3-5-4-20(17,18)2-1-13(5)8(16)9-7-10-11-12-19-7/h5H,1-4H2,(H,14,15)(H,9,10,12,16). The number of rotatable bonds is 3. The van der Waals surface area contributed by atoms with Crippen molar-refractivity contribution in [2.24, 2.45) is 0 Å². The van der Waals surface area contributed by atoms with Crippen molar-refractivity contribution in [3.05, 3.63) is 0 Å². The molecule has 110 valence electrons. The molecule has 2 amide bonds. The maximum atomic E-state index is 12.0. The molecule has 1 aliphatic heterocycles. The van der Waals surface area contributed by atoms with Crippen LogP contribution < -0.4 is 5.32 Å². The zero-order valence-electron chi connectivity index (χ0n) is 10.1. The first-order valence-electron chi connectivity index (χ1n) is 5.52. The molecule has 0 aliphatic carbocycles. The second kappa shape index (κ2) is 5.66. The highest BCUT2D eigenvalue weighted by atomic mass is 32.2. The molecule has 1 saturated heterocycles. The zero-order valence-corrected chi connectivity index (χ0v) is 11.7. The summed E-state index contributed by atoms with van der Waals surface area (Å²) >= 11 is 0.865. The van der Waals surface area contributed by atoms with Gasteiger partial charge in [-0.2, -0.15) is 0 Å². The summed E-state index contributed by atoms with van der Waals surface area (Å²) in [6.07, 6.45) is -0.430. The van der Waals surface area contributed by atoms with E-state index >= 15 is 0 Å². The summed E-state index contributed by atoms with van der Waals surface area (Å²) in [5.74, 6) is -1.71. The van der Waals surface area contributed by atoms with E-state index in [0.717, 1.165) is 11.5 Å². The molecule has 20 heavy (non-hydrogen) atoms. The average molecular weight is 321 g/mol. The lowest BCUT2D eigenvalue weighted by molar-refractivity contribution is -0.137. The first kappa shape index (κ1) is 14.6. The molecule has 0 spiro atoms. The molecule has 1 unspecified atom stereocenters. The molecule has 2 heterocycles. The number of hydrogen-bond acceptors (Lipinski definition) is 8. The molecule has 2 rings (SSSR count). The molecule has 1 atom stereocenters. The Hall–Kier alpha value is -1.82. The summed E-state index contributed by atoms with van der Waals surface area (Å²) in [5, 5.41) is 18.2. The maximum absolute atomic E-state index is 12.0. The molecule has 0 saturated carbocycles. The highest BCUT2D eigenvalue weighted by Crippen LogP contribution is 2.17. The Kier molecular flexibility index (Phi) is 4.13. The minimum absolute atomic E-state index is 0.0572. The number of aromatic nitrogens is 3. The summed E-state index contributed by atoms with van der Waals surface area (Å²) in [4.78, 5) is 24.0. The molecule has 0 bridgehead atoms. The molecular formula is C8H11N5O5S2. The predicted octanol–water partition coefficient (Wildman–Crippen LogP) is -0.961. The Morgan fingerprint density at radius 3 is 2.85 bits per heavy atom. The number of sulfone groups is 1. The van der Waals surface area contributed by atoms with Crippen molar-refractivity contribution >= 4 is 38.5 Å². The fraction of sp³-hybridized carbons (Fsp3) is 0.625. The molecule has 1 fully saturated rings. The number of carbonyl (C=O) groups is 2. The fourth-order valence-electron chi connectivity index (χ4n) is 1.87. The molecule has 2 N–H and O–H groups in total. The van der Waals surface area contributed by atoms with Crippen LogP contribution in [0.3, 0.4) is 0 Å². The van der Waals surface area contributed by atoms with Gasteiger partial charge in [-0.1, -0.05) is 9.59 Å². The number of nitrogens with zero attached hydrogens (tertiary/aromatic N) is 4. The summed E-state index contributed by atoms with van der Waals surface area (Å²) < 4.78 is 26.6. The van der Waals surface area contributed by atoms with Crippen LogP contribution in [0.5, 0.6) is 0 Å². The number of anilines is 1. The van der Waals surface area contributed by atoms with Gasteiger partial charge in [0.05, 0.1) is 24.0 Å². The summed E-state index contributed by atoms with van der Waals surface area (Å²) in [5.41, 5.74) is 0. The number of carboxylic acid groups (broad SMARTS) is 1. The highest BCUT2D eigenvalue weighted by Gasteiger charge is 2.35. The molecular weight excluding hydrogens is 310 g/mol. The lowest BCUT2D eigenvalue weighted by atomic mass is 10.2. The third kappa shape index (κ3) is 3.60. The quantitative estimate of drug-likeness (QED) is 0.724. The van der Waals surface area contributed by atoms with Gasteiger partial charge in [-0.15, -0.1) is 0 Å². The first-order chi connectivity index (χ1) is 9.37. The Labute approximate surface area is 117 Å². The Morgan fingerprint density at radius 1 is 1.50 bits per heavy atom. The molecule has 0 radical (unpaired) electrons. The molecule has 1 aliphatic rings. The van der Waals surface area contributed by atoms with Gasteiger partial charge in [0.15, 0.2) is 9.84 Å². The Morgan fingerprint density at radius 2 is 2.25 bits per heavy atom. The second-order valence-corrected chi connectivity index (χ2v) is 7.12. The van der Waals surface area contributed by atoms with Crippen LogP contribution >= 0.6 is 11.5 Å². The van der Waals surface area contributed by atoms with E-state index in [0.29, 0.717) is 0 Å². The number of nitrogens with one attached hydrogen (secondary N) is 1. The Balaban J connectivity index is 2.11. The minimum atomic E-state index is -3.33. The van der Waals surface area contributed by atoms with Crippen molar-refractivity contribution in [1.82, 2.24) is 19.7 Å². The number of amides is 2. The lowest BCUT2D eigenvalue weighted by Gasteiger charge is -2.34. The van der Waals surface area contributed by atoms with E-state index < -0.39 is 34.3 Å². The average Bonchev–Trinajstić information content (AvgIpc) is 2.79. The van der Waals surface area contributed by atoms with Crippen molar-refractivity contribution in [3.8, 4) is 0 Å². The van der Waals surface area contributed by atoms with E-state index in [4.69, 9.17) is 5.11 Å². The van der Waals surface area contributed by atoms with Crippen LogP contribution in [0.4, 0.5) is 9.93 Å². The van der Waals surface area contributed by atoms with Crippen LogP contribution in [-0.4, -0.2) is 69.3 Å². The normalized spacial score (nSPS) is 21.4. The molecule has 1 aromatic rings. The van der Waals surface area contributed by atoms with E-state index in [-0.39, 0.29) is 23.2 Å². The predicted molar refractivity (Wildman–Crippen MR) is 68.1 cm³/mol. The van der Waals surface area contributed by atoms with Crippen molar-refractivity contribution in [1.29, 1.82) is 0 Å². The van der Waals surface area contributed by atoms with Gasteiger partial charge in [-0.25, -0.2) is 13.2 Å². The van der Waals surface area contributed by atoms with Crippen LogP contribution in [0.25, 0.3) is 0 Å². The van der Waals surface area contributed by atoms with E-state index in [1.54, 1.807) is 0 Å². The van der Waals surface area contributed by atoms with E-state index in [1.807, 2.05) is 0 Å². The highest BCUT2D eigenvalue weighted by molar-refractivity contribution is 7.91. The summed E-state index contributed by atoms with van der Waals surface area (Å²) in [6, 6.07) is -1.50. The SMILES string of the molecule is O=C(O)CC1CS(=O)(=O)CCN1C(=O)Nc1nnns1. The lowest BCUT2D eigenvalue weighted by Crippen LogP contribution is -2.53. The van der Waals surface area contributed by atoms with Gasteiger partial charge in [-0.3, -0.25) is 10.1 Å². The molecule has 0 aromatic carbocycles. The maximum Gasteiger partial charge on any atom is 0.324 e. The van der Waals surface area contributed by atoms with Gasteiger partial charge < -0.3 is 10.0 Å². The molecule has 1 aromatic heterocycles. The van der Waals surface area contributed by atoms with E-state index in [1.165, 1.54) is 4.90 Å².